The van der Waals surface area contributed by atoms with Crippen LogP contribution >= 0.6 is 11.8 Å². The molecule has 1 aliphatic rings. The molecule has 0 aromatic carbocycles. The quantitative estimate of drug-likeness (QED) is 0.744. The van der Waals surface area contributed by atoms with E-state index < -0.39 is 6.43 Å². The Morgan fingerprint density at radius 3 is 2.85 bits per heavy atom. The van der Waals surface area contributed by atoms with Crippen LogP contribution in [0.15, 0.2) is 34.1 Å². The van der Waals surface area contributed by atoms with Crippen LogP contribution in [0.4, 0.5) is 8.78 Å². The Kier molecular flexibility index (Phi) is 6.31. The number of hydrogen-bond donors (Lipinski definition) is 1. The van der Waals surface area contributed by atoms with Gasteiger partial charge in [0.1, 0.15) is 5.76 Å². The molecule has 1 N–H and O–H groups in total. The number of imidazole rings is 1. The third-order valence-corrected chi connectivity index (χ3v) is 5.41. The highest BCUT2D eigenvalue weighted by Crippen LogP contribution is 2.22. The van der Waals surface area contributed by atoms with E-state index in [4.69, 9.17) is 4.42 Å². The van der Waals surface area contributed by atoms with Crippen LogP contribution in [0.25, 0.3) is 0 Å². The van der Waals surface area contributed by atoms with E-state index in [1.807, 2.05) is 17.8 Å². The van der Waals surface area contributed by atoms with Gasteiger partial charge < -0.3 is 14.3 Å². The van der Waals surface area contributed by atoms with Gasteiger partial charge in [-0.15, -0.1) is 0 Å². The third-order valence-electron chi connectivity index (χ3n) is 4.32. The number of nitrogens with zero attached hydrogens (tertiary/aromatic N) is 3. The standard InChI is InChI=1S/C17H22F2N4O2S/c1-22-9-6-20-17(22)26-11-13-2-3-14(25-13)16(24)21-12-4-7-23(8-5-12)10-15(18)19/h2-3,6,9,12,15H,4-5,7-8,10-11H2,1H3,(H,21,24). The number of amides is 1. The molecule has 2 aromatic heterocycles. The van der Waals surface area contributed by atoms with Crippen molar-refractivity contribution < 1.29 is 18.0 Å². The van der Waals surface area contributed by atoms with Gasteiger partial charge in [0.15, 0.2) is 10.9 Å². The number of hydrogen-bond acceptors (Lipinski definition) is 5. The molecular formula is C17H22F2N4O2S. The Bertz CT molecular complexity index is 726. The van der Waals surface area contributed by atoms with Crippen molar-refractivity contribution in [1.82, 2.24) is 19.8 Å². The maximum atomic E-state index is 12.4. The lowest BCUT2D eigenvalue weighted by molar-refractivity contribution is 0.0689. The number of aryl methyl sites for hydroxylation is 1. The maximum Gasteiger partial charge on any atom is 0.287 e. The smallest absolute Gasteiger partial charge is 0.287 e. The van der Waals surface area contributed by atoms with Crippen molar-refractivity contribution in [3.63, 3.8) is 0 Å². The minimum Gasteiger partial charge on any atom is -0.455 e. The number of rotatable bonds is 7. The summed E-state index contributed by atoms with van der Waals surface area (Å²) in [5, 5.41) is 3.81. The van der Waals surface area contributed by atoms with Crippen LogP contribution in [0.2, 0.25) is 0 Å². The monoisotopic (exact) mass is 384 g/mol. The maximum absolute atomic E-state index is 12.4. The highest BCUT2D eigenvalue weighted by atomic mass is 32.2. The first-order valence-electron chi connectivity index (χ1n) is 8.51. The van der Waals surface area contributed by atoms with Gasteiger partial charge >= 0.3 is 0 Å². The number of nitrogens with one attached hydrogen (secondary N) is 1. The van der Waals surface area contributed by atoms with E-state index in [0.717, 1.165) is 5.16 Å². The first-order valence-corrected chi connectivity index (χ1v) is 9.50. The SMILES string of the molecule is Cn1ccnc1SCc1ccc(C(=O)NC2CCN(CC(F)F)CC2)o1. The normalized spacial score (nSPS) is 16.3. The second kappa shape index (κ2) is 8.68. The number of halogens is 2. The van der Waals surface area contributed by atoms with Crippen molar-refractivity contribution in [2.75, 3.05) is 19.6 Å². The molecule has 1 aliphatic heterocycles. The number of thioether (sulfide) groups is 1. The number of carbonyl (C=O) groups is 1. The Morgan fingerprint density at radius 1 is 1.42 bits per heavy atom. The summed E-state index contributed by atoms with van der Waals surface area (Å²) < 4.78 is 32.3. The minimum absolute atomic E-state index is 0.00749. The minimum atomic E-state index is -2.31. The lowest BCUT2D eigenvalue weighted by Gasteiger charge is -2.31. The number of piperidine rings is 1. The highest BCUT2D eigenvalue weighted by Gasteiger charge is 2.23. The first kappa shape index (κ1) is 18.9. The number of likely N-dealkylation sites (tertiary alicyclic amines) is 1. The van der Waals surface area contributed by atoms with Crippen molar-refractivity contribution in [1.29, 1.82) is 0 Å². The number of aromatic nitrogens is 2. The second-order valence-electron chi connectivity index (χ2n) is 6.31. The Labute approximate surface area is 154 Å². The van der Waals surface area contributed by atoms with Gasteiger partial charge in [-0.3, -0.25) is 9.69 Å². The first-order chi connectivity index (χ1) is 12.5. The van der Waals surface area contributed by atoms with Gasteiger partial charge in [-0.2, -0.15) is 0 Å². The summed E-state index contributed by atoms with van der Waals surface area (Å²) in [6, 6.07) is 3.44. The third kappa shape index (κ3) is 5.07. The second-order valence-corrected chi connectivity index (χ2v) is 7.26. The molecule has 6 nitrogen and oxygen atoms in total. The predicted octanol–water partition coefficient (Wildman–Crippen LogP) is 2.76. The Morgan fingerprint density at radius 2 is 2.19 bits per heavy atom. The average Bonchev–Trinajstić information content (AvgIpc) is 3.23. The van der Waals surface area contributed by atoms with E-state index in [0.29, 0.717) is 37.4 Å². The summed E-state index contributed by atoms with van der Waals surface area (Å²) in [7, 11) is 1.92. The van der Waals surface area contributed by atoms with Crippen LogP contribution in [0.3, 0.4) is 0 Å². The molecule has 0 saturated carbocycles. The summed E-state index contributed by atoms with van der Waals surface area (Å²) in [5.41, 5.74) is 0. The molecule has 9 heteroatoms. The zero-order valence-electron chi connectivity index (χ0n) is 14.5. The molecule has 142 valence electrons. The number of alkyl halides is 2. The Hall–Kier alpha value is -1.87. The van der Waals surface area contributed by atoms with Crippen molar-refractivity contribution in [3.05, 3.63) is 36.0 Å². The molecule has 0 spiro atoms. The van der Waals surface area contributed by atoms with Crippen molar-refractivity contribution in [3.8, 4) is 0 Å². The van der Waals surface area contributed by atoms with Crippen molar-refractivity contribution >= 4 is 17.7 Å². The zero-order valence-corrected chi connectivity index (χ0v) is 15.3. The topological polar surface area (TPSA) is 63.3 Å². The lowest BCUT2D eigenvalue weighted by Crippen LogP contribution is -2.45. The summed E-state index contributed by atoms with van der Waals surface area (Å²) in [5.74, 6) is 1.31. The van der Waals surface area contributed by atoms with Gasteiger partial charge in [-0.05, 0) is 25.0 Å². The fraction of sp³-hybridized carbons (Fsp3) is 0.529. The molecule has 3 heterocycles. The average molecular weight is 384 g/mol. The van der Waals surface area contributed by atoms with Crippen LogP contribution in [-0.4, -0.2) is 52.5 Å². The summed E-state index contributed by atoms with van der Waals surface area (Å²) >= 11 is 1.53. The summed E-state index contributed by atoms with van der Waals surface area (Å²) in [6.45, 7) is 0.938. The molecule has 0 bridgehead atoms. The van der Waals surface area contributed by atoms with Gasteiger partial charge in [0.2, 0.25) is 0 Å². The Balaban J connectivity index is 1.45. The molecule has 2 aromatic rings. The molecule has 0 aliphatic carbocycles. The number of carbonyl (C=O) groups excluding carboxylic acids is 1. The molecule has 1 amide bonds. The predicted molar refractivity (Wildman–Crippen MR) is 94.4 cm³/mol. The molecule has 1 fully saturated rings. The van der Waals surface area contributed by atoms with Crippen LogP contribution < -0.4 is 5.32 Å². The van der Waals surface area contributed by atoms with Crippen LogP contribution in [-0.2, 0) is 12.8 Å². The van der Waals surface area contributed by atoms with Crippen molar-refractivity contribution in [2.45, 2.75) is 36.2 Å². The van der Waals surface area contributed by atoms with Gasteiger partial charge in [-0.1, -0.05) is 11.8 Å². The van der Waals surface area contributed by atoms with E-state index in [1.165, 1.54) is 11.8 Å². The van der Waals surface area contributed by atoms with Crippen LogP contribution in [0.5, 0.6) is 0 Å². The van der Waals surface area contributed by atoms with E-state index in [2.05, 4.69) is 10.3 Å². The highest BCUT2D eigenvalue weighted by molar-refractivity contribution is 7.98. The van der Waals surface area contributed by atoms with Crippen molar-refractivity contribution in [2.24, 2.45) is 7.05 Å². The fourth-order valence-corrected chi connectivity index (χ4v) is 3.74. The molecule has 0 radical (unpaired) electrons. The van der Waals surface area contributed by atoms with E-state index >= 15 is 0 Å². The lowest BCUT2D eigenvalue weighted by atomic mass is 10.0. The fourth-order valence-electron chi connectivity index (χ4n) is 2.92. The van der Waals surface area contributed by atoms with Crippen LogP contribution in [0.1, 0.15) is 29.2 Å². The van der Waals surface area contributed by atoms with Crippen LogP contribution in [0, 0.1) is 0 Å². The molecular weight excluding hydrogens is 362 g/mol. The molecule has 0 unspecified atom stereocenters. The van der Waals surface area contributed by atoms with Gasteiger partial charge in [0, 0.05) is 38.6 Å². The van der Waals surface area contributed by atoms with Gasteiger partial charge in [-0.25, -0.2) is 13.8 Å². The molecule has 26 heavy (non-hydrogen) atoms. The van der Waals surface area contributed by atoms with E-state index in [-0.39, 0.29) is 24.3 Å². The van der Waals surface area contributed by atoms with E-state index in [1.54, 1.807) is 23.2 Å². The molecule has 1 saturated heterocycles. The zero-order chi connectivity index (χ0) is 18.5. The largest absolute Gasteiger partial charge is 0.455 e. The summed E-state index contributed by atoms with van der Waals surface area (Å²) in [4.78, 5) is 18.3. The van der Waals surface area contributed by atoms with Gasteiger partial charge in [0.25, 0.3) is 12.3 Å². The molecule has 3 rings (SSSR count). The van der Waals surface area contributed by atoms with Gasteiger partial charge in [0.05, 0.1) is 12.3 Å². The van der Waals surface area contributed by atoms with E-state index in [9.17, 15) is 13.6 Å². The molecule has 0 atom stereocenters. The summed E-state index contributed by atoms with van der Waals surface area (Å²) in [6.07, 6.45) is 2.62. The number of furan rings is 1.